The first-order valence-corrected chi connectivity index (χ1v) is 10.5. The van der Waals surface area contributed by atoms with E-state index in [9.17, 15) is 14.4 Å². The largest absolute Gasteiger partial charge is 0.477 e. The van der Waals surface area contributed by atoms with Gasteiger partial charge in [-0.2, -0.15) is 0 Å². The van der Waals surface area contributed by atoms with Gasteiger partial charge in [-0.25, -0.2) is 9.78 Å². The average molecular weight is 453 g/mol. The normalized spacial score (nSPS) is 10.7. The smallest absolute Gasteiger partial charge is 0.330 e. The minimum absolute atomic E-state index is 0.111. The molecule has 2 aromatic heterocycles. The number of carbonyl (C=O) groups excluding carboxylic acids is 1. The van der Waals surface area contributed by atoms with Gasteiger partial charge in [0.25, 0.3) is 11.5 Å². The van der Waals surface area contributed by atoms with Crippen molar-refractivity contribution in [1.29, 1.82) is 0 Å². The Kier molecular flexibility index (Phi) is 7.98. The molecule has 3 N–H and O–H groups in total. The van der Waals surface area contributed by atoms with E-state index in [2.05, 4.69) is 9.97 Å². The van der Waals surface area contributed by atoms with Crippen molar-refractivity contribution in [3.05, 3.63) is 80.6 Å². The molecule has 2 heterocycles. The predicted octanol–water partition coefficient (Wildman–Crippen LogP) is 1.64. The second-order valence-electron chi connectivity index (χ2n) is 7.16. The molecule has 0 aliphatic heterocycles. The molecule has 0 spiro atoms. The van der Waals surface area contributed by atoms with Crippen molar-refractivity contribution in [3.8, 4) is 5.88 Å². The summed E-state index contributed by atoms with van der Waals surface area (Å²) >= 11 is 0. The second-order valence-corrected chi connectivity index (χ2v) is 7.16. The molecule has 0 bridgehead atoms. The number of carbonyl (C=O) groups is 1. The number of aromatic nitrogens is 3. The van der Waals surface area contributed by atoms with Gasteiger partial charge in [-0.05, 0) is 31.0 Å². The van der Waals surface area contributed by atoms with Crippen LogP contribution in [0.2, 0.25) is 0 Å². The number of nitrogens with one attached hydrogen (secondary N) is 1. The lowest BCUT2D eigenvalue weighted by molar-refractivity contribution is 0.0978. The Balaban J connectivity index is 2.11. The van der Waals surface area contributed by atoms with Crippen LogP contribution in [0.5, 0.6) is 5.88 Å². The molecule has 0 fully saturated rings. The van der Waals surface area contributed by atoms with Gasteiger partial charge in [0.15, 0.2) is 5.69 Å². The lowest BCUT2D eigenvalue weighted by Crippen LogP contribution is -2.42. The average Bonchev–Trinajstić information content (AvgIpc) is 2.81. The predicted molar refractivity (Wildman–Crippen MR) is 125 cm³/mol. The summed E-state index contributed by atoms with van der Waals surface area (Å²) in [4.78, 5) is 46.6. The van der Waals surface area contributed by atoms with Gasteiger partial charge in [-0.15, -0.1) is 0 Å². The highest BCUT2D eigenvalue weighted by atomic mass is 16.5. The SMILES string of the molecule is CCOc1ncccc1C(=O)N(CCCOC)c1c(N)n(Cc2ccccc2)c(=O)[nH]c1=O. The van der Waals surface area contributed by atoms with Gasteiger partial charge < -0.3 is 20.1 Å². The molecule has 0 aliphatic rings. The Morgan fingerprint density at radius 2 is 1.94 bits per heavy atom. The van der Waals surface area contributed by atoms with Gasteiger partial charge in [-0.1, -0.05) is 30.3 Å². The van der Waals surface area contributed by atoms with E-state index in [1.54, 1.807) is 26.2 Å². The third-order valence-electron chi connectivity index (χ3n) is 4.93. The molecular weight excluding hydrogens is 426 g/mol. The van der Waals surface area contributed by atoms with Gasteiger partial charge in [0.2, 0.25) is 5.88 Å². The van der Waals surface area contributed by atoms with E-state index in [0.717, 1.165) is 5.56 Å². The number of benzene rings is 1. The number of amides is 1. The maximum absolute atomic E-state index is 13.6. The fraction of sp³-hybridized carbons (Fsp3) is 0.304. The molecule has 0 saturated carbocycles. The van der Waals surface area contributed by atoms with E-state index in [-0.39, 0.29) is 36.0 Å². The number of methoxy groups -OCH3 is 1. The van der Waals surface area contributed by atoms with Gasteiger partial charge >= 0.3 is 5.69 Å². The number of anilines is 2. The van der Waals surface area contributed by atoms with Crippen LogP contribution >= 0.6 is 0 Å². The van der Waals surface area contributed by atoms with Gasteiger partial charge in [0, 0.05) is 26.5 Å². The number of H-pyrrole nitrogens is 1. The number of nitrogens with zero attached hydrogens (tertiary/aromatic N) is 3. The molecule has 0 atom stereocenters. The molecule has 3 rings (SSSR count). The van der Waals surface area contributed by atoms with Crippen molar-refractivity contribution >= 4 is 17.4 Å². The minimum Gasteiger partial charge on any atom is -0.477 e. The summed E-state index contributed by atoms with van der Waals surface area (Å²) < 4.78 is 11.8. The molecule has 1 aromatic carbocycles. The van der Waals surface area contributed by atoms with Gasteiger partial charge in [0.1, 0.15) is 11.4 Å². The summed E-state index contributed by atoms with van der Waals surface area (Å²) in [6, 6.07) is 12.4. The Morgan fingerprint density at radius 3 is 2.64 bits per heavy atom. The van der Waals surface area contributed by atoms with Crippen molar-refractivity contribution in [2.45, 2.75) is 19.9 Å². The van der Waals surface area contributed by atoms with E-state index in [1.807, 2.05) is 30.3 Å². The summed E-state index contributed by atoms with van der Waals surface area (Å²) in [6.07, 6.45) is 1.95. The molecule has 10 heteroatoms. The summed E-state index contributed by atoms with van der Waals surface area (Å²) in [5.74, 6) is -0.487. The fourth-order valence-electron chi connectivity index (χ4n) is 3.39. The fourth-order valence-corrected chi connectivity index (χ4v) is 3.39. The van der Waals surface area contributed by atoms with Gasteiger partial charge in [0.05, 0.1) is 13.2 Å². The van der Waals surface area contributed by atoms with Gasteiger partial charge in [-0.3, -0.25) is 19.1 Å². The summed E-state index contributed by atoms with van der Waals surface area (Å²) in [5.41, 5.74) is 5.78. The van der Waals surface area contributed by atoms with Crippen LogP contribution in [0.4, 0.5) is 11.5 Å². The van der Waals surface area contributed by atoms with E-state index in [1.165, 1.54) is 15.7 Å². The number of hydrogen-bond donors (Lipinski definition) is 2. The lowest BCUT2D eigenvalue weighted by Gasteiger charge is -2.25. The number of pyridine rings is 1. The molecule has 174 valence electrons. The zero-order valence-corrected chi connectivity index (χ0v) is 18.6. The molecule has 0 saturated heterocycles. The number of nitrogen functional groups attached to an aromatic ring is 1. The number of rotatable bonds is 10. The Labute approximate surface area is 190 Å². The molecule has 0 aliphatic carbocycles. The van der Waals surface area contributed by atoms with E-state index in [4.69, 9.17) is 15.2 Å². The van der Waals surface area contributed by atoms with Crippen molar-refractivity contribution in [3.63, 3.8) is 0 Å². The molecule has 0 radical (unpaired) electrons. The van der Waals surface area contributed by atoms with E-state index < -0.39 is 17.2 Å². The lowest BCUT2D eigenvalue weighted by atomic mass is 10.2. The number of ether oxygens (including phenoxy) is 2. The number of hydrogen-bond acceptors (Lipinski definition) is 7. The topological polar surface area (TPSA) is 133 Å². The van der Waals surface area contributed by atoms with Crippen LogP contribution in [-0.4, -0.2) is 47.3 Å². The van der Waals surface area contributed by atoms with Crippen LogP contribution in [-0.2, 0) is 11.3 Å². The maximum Gasteiger partial charge on any atom is 0.330 e. The van der Waals surface area contributed by atoms with Crippen molar-refractivity contribution in [1.82, 2.24) is 14.5 Å². The van der Waals surface area contributed by atoms with Crippen molar-refractivity contribution < 1.29 is 14.3 Å². The third kappa shape index (κ3) is 5.47. The highest BCUT2D eigenvalue weighted by molar-refractivity contribution is 6.08. The molecule has 0 unspecified atom stereocenters. The molecule has 1 amide bonds. The zero-order valence-electron chi connectivity index (χ0n) is 18.6. The molecule has 3 aromatic rings. The highest BCUT2D eigenvalue weighted by Gasteiger charge is 2.27. The third-order valence-corrected chi connectivity index (χ3v) is 4.93. The first-order chi connectivity index (χ1) is 16.0. The summed E-state index contributed by atoms with van der Waals surface area (Å²) in [5, 5.41) is 0. The van der Waals surface area contributed by atoms with Crippen LogP contribution in [0.3, 0.4) is 0 Å². The second kappa shape index (κ2) is 11.1. The monoisotopic (exact) mass is 453 g/mol. The van der Waals surface area contributed by atoms with Crippen LogP contribution in [0, 0.1) is 0 Å². The van der Waals surface area contributed by atoms with Crippen LogP contribution in [0.25, 0.3) is 0 Å². The van der Waals surface area contributed by atoms with Crippen LogP contribution in [0.1, 0.15) is 29.3 Å². The Morgan fingerprint density at radius 1 is 1.18 bits per heavy atom. The number of aromatic amines is 1. The number of nitrogens with two attached hydrogens (primary N) is 1. The van der Waals surface area contributed by atoms with E-state index in [0.29, 0.717) is 19.6 Å². The zero-order chi connectivity index (χ0) is 23.8. The van der Waals surface area contributed by atoms with Crippen LogP contribution < -0.4 is 26.6 Å². The minimum atomic E-state index is -0.755. The van der Waals surface area contributed by atoms with Crippen LogP contribution in [0.15, 0.2) is 58.3 Å². The Hall–Kier alpha value is -3.92. The quantitative estimate of drug-likeness (QED) is 0.446. The Bertz CT molecular complexity index is 1210. The van der Waals surface area contributed by atoms with Crippen molar-refractivity contribution in [2.75, 3.05) is 37.5 Å². The molecular formula is C23H27N5O5. The first kappa shape index (κ1) is 23.7. The first-order valence-electron chi connectivity index (χ1n) is 10.5. The molecule has 33 heavy (non-hydrogen) atoms. The maximum atomic E-state index is 13.6. The summed E-state index contributed by atoms with van der Waals surface area (Å²) in [7, 11) is 1.54. The summed E-state index contributed by atoms with van der Waals surface area (Å²) in [6.45, 7) is 2.71. The highest BCUT2D eigenvalue weighted by Crippen LogP contribution is 2.24. The van der Waals surface area contributed by atoms with E-state index >= 15 is 0 Å². The molecule has 10 nitrogen and oxygen atoms in total. The van der Waals surface area contributed by atoms with Crippen molar-refractivity contribution in [2.24, 2.45) is 0 Å². The standard InChI is InChI=1S/C23H27N5O5/c1-3-33-21-17(11-7-12-25-21)22(30)27(13-8-14-32-2)18-19(24)28(23(31)26-20(18)29)15-16-9-5-4-6-10-16/h4-7,9-12H,3,8,13-15,24H2,1-2H3,(H,26,29,31).